The lowest BCUT2D eigenvalue weighted by molar-refractivity contribution is 0.439. The minimum Gasteiger partial charge on any atom is -0.324 e. The fourth-order valence-electron chi connectivity index (χ4n) is 1.39. The average Bonchev–Trinajstić information content (AvgIpc) is 2.22. The second kappa shape index (κ2) is 6.65. The first-order chi connectivity index (χ1) is 6.99. The van der Waals surface area contributed by atoms with Crippen molar-refractivity contribution in [1.29, 1.82) is 0 Å². The Labute approximate surface area is 112 Å². The minimum atomic E-state index is -0.503. The summed E-state index contributed by atoms with van der Waals surface area (Å²) in [6.07, 6.45) is 0.865. The zero-order valence-electron chi connectivity index (χ0n) is 9.14. The summed E-state index contributed by atoms with van der Waals surface area (Å²) in [5.74, 6) is -0.340. The van der Waals surface area contributed by atoms with Crippen molar-refractivity contribution < 1.29 is 4.39 Å². The average molecular weight is 287 g/mol. The molecule has 0 saturated carbocycles. The van der Waals surface area contributed by atoms with Crippen LogP contribution in [-0.4, -0.2) is 0 Å². The van der Waals surface area contributed by atoms with Crippen LogP contribution in [0.3, 0.4) is 0 Å². The smallest absolute Gasteiger partial charge is 0.148 e. The van der Waals surface area contributed by atoms with Crippen LogP contribution in [0.1, 0.15) is 31.9 Å². The Morgan fingerprint density at radius 2 is 1.81 bits per heavy atom. The second-order valence-electron chi connectivity index (χ2n) is 3.67. The van der Waals surface area contributed by atoms with Gasteiger partial charge in [-0.15, -0.1) is 12.4 Å². The van der Waals surface area contributed by atoms with Gasteiger partial charge in [0.25, 0.3) is 0 Å². The van der Waals surface area contributed by atoms with E-state index in [0.717, 1.165) is 6.42 Å². The first-order valence-corrected chi connectivity index (χ1v) is 5.63. The molecule has 1 unspecified atom stereocenters. The summed E-state index contributed by atoms with van der Waals surface area (Å²) in [6.45, 7) is 3.96. The predicted octanol–water partition coefficient (Wildman–Crippen LogP) is 4.60. The Kier molecular flexibility index (Phi) is 6.64. The Morgan fingerprint density at radius 1 is 1.31 bits per heavy atom. The highest BCUT2D eigenvalue weighted by molar-refractivity contribution is 6.33. The van der Waals surface area contributed by atoms with Crippen molar-refractivity contribution in [2.45, 2.75) is 26.3 Å². The summed E-state index contributed by atoms with van der Waals surface area (Å²) < 4.78 is 13.7. The third kappa shape index (κ3) is 3.24. The maximum Gasteiger partial charge on any atom is 0.148 e. The third-order valence-electron chi connectivity index (χ3n) is 2.67. The van der Waals surface area contributed by atoms with Crippen LogP contribution in [0.4, 0.5) is 4.39 Å². The number of hydrogen-bond acceptors (Lipinski definition) is 1. The van der Waals surface area contributed by atoms with Gasteiger partial charge in [0.05, 0.1) is 5.02 Å². The molecule has 2 atom stereocenters. The molecule has 0 radical (unpaired) electrons. The number of nitrogens with two attached hydrogens (primary N) is 1. The molecule has 0 aliphatic carbocycles. The highest BCUT2D eigenvalue weighted by Gasteiger charge is 2.21. The van der Waals surface area contributed by atoms with E-state index in [9.17, 15) is 4.39 Å². The van der Waals surface area contributed by atoms with E-state index in [1.54, 1.807) is 6.07 Å². The van der Waals surface area contributed by atoms with Gasteiger partial charge in [-0.2, -0.15) is 0 Å². The molecule has 1 rings (SSSR count). The Morgan fingerprint density at radius 3 is 2.31 bits per heavy atom. The number of hydrogen-bond donors (Lipinski definition) is 1. The molecule has 0 aliphatic heterocycles. The van der Waals surface area contributed by atoms with Crippen LogP contribution < -0.4 is 5.73 Å². The van der Waals surface area contributed by atoms with Crippen LogP contribution in [-0.2, 0) is 0 Å². The van der Waals surface area contributed by atoms with E-state index in [1.807, 2.05) is 13.8 Å². The zero-order valence-corrected chi connectivity index (χ0v) is 11.5. The van der Waals surface area contributed by atoms with Gasteiger partial charge in [-0.25, -0.2) is 4.39 Å². The van der Waals surface area contributed by atoms with Crippen molar-refractivity contribution >= 4 is 35.6 Å². The molecular formula is C11H15Cl3FN. The van der Waals surface area contributed by atoms with Crippen LogP contribution in [0.15, 0.2) is 12.1 Å². The number of benzene rings is 1. The van der Waals surface area contributed by atoms with Gasteiger partial charge >= 0.3 is 0 Å². The molecule has 0 spiro atoms. The van der Waals surface area contributed by atoms with E-state index in [1.165, 1.54) is 6.07 Å². The van der Waals surface area contributed by atoms with Gasteiger partial charge in [-0.1, -0.05) is 43.5 Å². The predicted molar refractivity (Wildman–Crippen MR) is 70.1 cm³/mol. The van der Waals surface area contributed by atoms with Crippen molar-refractivity contribution in [1.82, 2.24) is 0 Å². The maximum absolute atomic E-state index is 13.7. The number of halogens is 4. The molecule has 0 fully saturated rings. The first kappa shape index (κ1) is 16.0. The molecule has 1 aromatic carbocycles. The van der Waals surface area contributed by atoms with Crippen molar-refractivity contribution in [2.75, 3.05) is 0 Å². The van der Waals surface area contributed by atoms with Gasteiger partial charge < -0.3 is 5.73 Å². The Hall–Kier alpha value is -0.0200. The standard InChI is InChI=1S/C11H14Cl2FN.ClH/c1-3-6(2)11(15)9-7(12)4-5-8(13)10(9)14;/h4-6,11H,3,15H2,1-2H3;1H/t6?,11-;/m1./s1. The minimum absolute atomic E-state index is 0. The summed E-state index contributed by atoms with van der Waals surface area (Å²) in [5.41, 5.74) is 6.25. The molecule has 0 saturated heterocycles. The molecule has 1 aromatic rings. The van der Waals surface area contributed by atoms with Crippen molar-refractivity contribution in [3.8, 4) is 0 Å². The van der Waals surface area contributed by atoms with Crippen LogP contribution in [0, 0.1) is 11.7 Å². The molecule has 92 valence electrons. The molecule has 0 aliphatic rings. The SMILES string of the molecule is CCC(C)[C@@H](N)c1c(Cl)ccc(Cl)c1F.Cl. The molecular weight excluding hydrogens is 271 g/mol. The topological polar surface area (TPSA) is 26.0 Å². The summed E-state index contributed by atoms with van der Waals surface area (Å²) in [4.78, 5) is 0. The summed E-state index contributed by atoms with van der Waals surface area (Å²) >= 11 is 11.6. The normalized spacial score (nSPS) is 14.1. The van der Waals surface area contributed by atoms with E-state index < -0.39 is 11.9 Å². The number of rotatable bonds is 3. The lowest BCUT2D eigenvalue weighted by Crippen LogP contribution is -2.20. The van der Waals surface area contributed by atoms with Crippen molar-refractivity contribution in [2.24, 2.45) is 11.7 Å². The Balaban J connectivity index is 0.00000225. The summed E-state index contributed by atoms with van der Waals surface area (Å²) in [5, 5.41) is 0.401. The van der Waals surface area contributed by atoms with Crippen molar-refractivity contribution in [3.05, 3.63) is 33.6 Å². The van der Waals surface area contributed by atoms with Gasteiger partial charge in [0.2, 0.25) is 0 Å². The van der Waals surface area contributed by atoms with Gasteiger partial charge in [-0.3, -0.25) is 0 Å². The second-order valence-corrected chi connectivity index (χ2v) is 4.48. The lowest BCUT2D eigenvalue weighted by atomic mass is 9.93. The molecule has 0 bridgehead atoms. The van der Waals surface area contributed by atoms with Crippen LogP contribution in [0.2, 0.25) is 10.0 Å². The van der Waals surface area contributed by atoms with Gasteiger partial charge in [-0.05, 0) is 18.1 Å². The molecule has 0 heterocycles. The largest absolute Gasteiger partial charge is 0.324 e. The van der Waals surface area contributed by atoms with Gasteiger partial charge in [0, 0.05) is 16.6 Å². The zero-order chi connectivity index (χ0) is 11.6. The third-order valence-corrected chi connectivity index (χ3v) is 3.29. The quantitative estimate of drug-likeness (QED) is 0.807. The Bertz CT molecular complexity index is 357. The first-order valence-electron chi connectivity index (χ1n) is 4.88. The van der Waals surface area contributed by atoms with Crippen LogP contribution in [0.5, 0.6) is 0 Å². The molecule has 5 heteroatoms. The molecule has 16 heavy (non-hydrogen) atoms. The molecule has 0 aromatic heterocycles. The van der Waals surface area contributed by atoms with Crippen LogP contribution >= 0.6 is 35.6 Å². The van der Waals surface area contributed by atoms with Crippen molar-refractivity contribution in [3.63, 3.8) is 0 Å². The van der Waals surface area contributed by atoms with E-state index in [2.05, 4.69) is 0 Å². The monoisotopic (exact) mass is 285 g/mol. The fraction of sp³-hybridized carbons (Fsp3) is 0.455. The highest BCUT2D eigenvalue weighted by Crippen LogP contribution is 2.33. The fourth-order valence-corrected chi connectivity index (χ4v) is 1.82. The van der Waals surface area contributed by atoms with Gasteiger partial charge in [0.15, 0.2) is 0 Å². The molecule has 1 nitrogen and oxygen atoms in total. The van der Waals surface area contributed by atoms with E-state index in [-0.39, 0.29) is 23.3 Å². The highest BCUT2D eigenvalue weighted by atomic mass is 35.5. The molecule has 0 amide bonds. The van der Waals surface area contributed by atoms with E-state index in [4.69, 9.17) is 28.9 Å². The van der Waals surface area contributed by atoms with Gasteiger partial charge in [0.1, 0.15) is 5.82 Å². The van der Waals surface area contributed by atoms with Crippen LogP contribution in [0.25, 0.3) is 0 Å². The molecule has 2 N–H and O–H groups in total. The summed E-state index contributed by atoms with van der Waals surface area (Å²) in [7, 11) is 0. The van der Waals surface area contributed by atoms with E-state index in [0.29, 0.717) is 10.6 Å². The maximum atomic E-state index is 13.7. The van der Waals surface area contributed by atoms with E-state index >= 15 is 0 Å². The lowest BCUT2D eigenvalue weighted by Gasteiger charge is -2.20. The summed E-state index contributed by atoms with van der Waals surface area (Å²) in [6, 6.07) is 2.59.